The maximum Gasteiger partial charge on any atom is 0.255 e. The number of hydrogen-bond acceptors (Lipinski definition) is 4. The molecule has 0 spiro atoms. The van der Waals surface area contributed by atoms with Crippen molar-refractivity contribution in [2.45, 2.75) is 0 Å². The van der Waals surface area contributed by atoms with Gasteiger partial charge >= 0.3 is 0 Å². The lowest BCUT2D eigenvalue weighted by atomic mass is 10.1. The summed E-state index contributed by atoms with van der Waals surface area (Å²) in [6, 6.07) is 16.2. The Bertz CT molecular complexity index is 1070. The summed E-state index contributed by atoms with van der Waals surface area (Å²) < 4.78 is 1.97. The number of aromatic nitrogens is 2. The molecule has 0 bridgehead atoms. The highest BCUT2D eigenvalue weighted by Gasteiger charge is 2.09. The number of hydrogen-bond donors (Lipinski definition) is 1. The number of nitriles is 1. The van der Waals surface area contributed by atoms with Crippen molar-refractivity contribution in [1.82, 2.24) is 9.38 Å². The molecule has 25 heavy (non-hydrogen) atoms. The van der Waals surface area contributed by atoms with Crippen LogP contribution < -0.4 is 5.32 Å². The summed E-state index contributed by atoms with van der Waals surface area (Å²) in [6.45, 7) is 0. The van der Waals surface area contributed by atoms with Gasteiger partial charge in [-0.1, -0.05) is 12.1 Å². The van der Waals surface area contributed by atoms with E-state index >= 15 is 0 Å². The van der Waals surface area contributed by atoms with Crippen molar-refractivity contribution >= 4 is 27.9 Å². The predicted molar refractivity (Wildman–Crippen MR) is 97.6 cm³/mol. The Hall–Kier alpha value is -3.43. The third-order valence-electron chi connectivity index (χ3n) is 3.79. The van der Waals surface area contributed by atoms with E-state index in [9.17, 15) is 4.79 Å². The van der Waals surface area contributed by atoms with Gasteiger partial charge in [0.2, 0.25) is 0 Å². The lowest BCUT2D eigenvalue weighted by molar-refractivity contribution is 0.102. The van der Waals surface area contributed by atoms with Crippen molar-refractivity contribution < 1.29 is 4.79 Å². The van der Waals surface area contributed by atoms with Crippen LogP contribution in [0, 0.1) is 11.3 Å². The minimum absolute atomic E-state index is 0.215. The molecule has 1 N–H and O–H groups in total. The number of imidazole rings is 1. The highest BCUT2D eigenvalue weighted by molar-refractivity contribution is 7.15. The van der Waals surface area contributed by atoms with Crippen LogP contribution in [0.15, 0.2) is 66.3 Å². The molecule has 0 aliphatic heterocycles. The summed E-state index contributed by atoms with van der Waals surface area (Å²) >= 11 is 1.58. The topological polar surface area (TPSA) is 70.2 Å². The average Bonchev–Trinajstić information content (AvgIpc) is 3.24. The van der Waals surface area contributed by atoms with E-state index in [4.69, 9.17) is 5.26 Å². The van der Waals surface area contributed by atoms with Gasteiger partial charge in [0.15, 0.2) is 4.96 Å². The van der Waals surface area contributed by atoms with Gasteiger partial charge in [-0.25, -0.2) is 4.98 Å². The number of nitrogens with one attached hydrogen (secondary N) is 1. The lowest BCUT2D eigenvalue weighted by Gasteiger charge is -2.07. The average molecular weight is 344 g/mol. The molecule has 120 valence electrons. The molecule has 0 aliphatic carbocycles. The lowest BCUT2D eigenvalue weighted by Crippen LogP contribution is -2.11. The number of carbonyl (C=O) groups excluding carboxylic acids is 1. The minimum Gasteiger partial charge on any atom is -0.322 e. The van der Waals surface area contributed by atoms with Crippen LogP contribution >= 0.6 is 11.3 Å². The molecule has 4 aromatic rings. The highest BCUT2D eigenvalue weighted by atomic mass is 32.1. The summed E-state index contributed by atoms with van der Waals surface area (Å²) in [7, 11) is 0. The van der Waals surface area contributed by atoms with Gasteiger partial charge in [-0.15, -0.1) is 11.3 Å². The number of rotatable bonds is 3. The SMILES string of the molecule is N#Cc1ccc(C(=O)Nc2cccc(-c3cn4ccsc4n3)c2)cc1. The van der Waals surface area contributed by atoms with Crippen molar-refractivity contribution in [3.63, 3.8) is 0 Å². The van der Waals surface area contributed by atoms with Crippen molar-refractivity contribution in [2.24, 2.45) is 0 Å². The summed E-state index contributed by atoms with van der Waals surface area (Å²) in [4.78, 5) is 17.9. The van der Waals surface area contributed by atoms with E-state index in [1.54, 1.807) is 35.6 Å². The second-order valence-electron chi connectivity index (χ2n) is 5.44. The van der Waals surface area contributed by atoms with Crippen LogP contribution in [-0.2, 0) is 0 Å². The summed E-state index contributed by atoms with van der Waals surface area (Å²) in [5.74, 6) is -0.215. The Balaban J connectivity index is 1.57. The monoisotopic (exact) mass is 344 g/mol. The number of nitrogens with zero attached hydrogens (tertiary/aromatic N) is 3. The molecule has 2 aromatic carbocycles. The number of fused-ring (bicyclic) bond motifs is 1. The van der Waals surface area contributed by atoms with E-state index in [0.29, 0.717) is 16.8 Å². The highest BCUT2D eigenvalue weighted by Crippen LogP contribution is 2.24. The van der Waals surface area contributed by atoms with Crippen LogP contribution in [0.4, 0.5) is 5.69 Å². The standard InChI is InChI=1S/C19H12N4OS/c20-11-13-4-6-14(7-5-13)18(24)21-16-3-1-2-15(10-16)17-12-23-8-9-25-19(23)22-17/h1-10,12H,(H,21,24). The smallest absolute Gasteiger partial charge is 0.255 e. The molecular weight excluding hydrogens is 332 g/mol. The normalized spacial score (nSPS) is 10.5. The van der Waals surface area contributed by atoms with Crippen LogP contribution in [0.3, 0.4) is 0 Å². The molecule has 0 unspecified atom stereocenters. The van der Waals surface area contributed by atoms with Crippen LogP contribution in [0.2, 0.25) is 0 Å². The second-order valence-corrected chi connectivity index (χ2v) is 6.32. The van der Waals surface area contributed by atoms with Crippen LogP contribution in [-0.4, -0.2) is 15.3 Å². The molecule has 1 amide bonds. The number of anilines is 1. The van der Waals surface area contributed by atoms with Gasteiger partial charge in [0.1, 0.15) is 0 Å². The van der Waals surface area contributed by atoms with Gasteiger partial charge in [-0.3, -0.25) is 9.20 Å². The van der Waals surface area contributed by atoms with Gasteiger partial charge in [0.05, 0.1) is 17.3 Å². The van der Waals surface area contributed by atoms with E-state index in [2.05, 4.69) is 10.3 Å². The fourth-order valence-corrected chi connectivity index (χ4v) is 3.22. The molecule has 6 heteroatoms. The Morgan fingerprint density at radius 1 is 1.20 bits per heavy atom. The van der Waals surface area contributed by atoms with Gasteiger partial charge in [-0.2, -0.15) is 5.26 Å². The Kier molecular flexibility index (Phi) is 3.77. The van der Waals surface area contributed by atoms with Crippen molar-refractivity contribution in [3.05, 3.63) is 77.4 Å². The van der Waals surface area contributed by atoms with Crippen molar-refractivity contribution in [2.75, 3.05) is 5.32 Å². The third-order valence-corrected chi connectivity index (χ3v) is 4.56. The molecule has 0 atom stereocenters. The maximum absolute atomic E-state index is 12.3. The van der Waals surface area contributed by atoms with Crippen LogP contribution in [0.5, 0.6) is 0 Å². The number of amides is 1. The van der Waals surface area contributed by atoms with Crippen LogP contribution in [0.25, 0.3) is 16.2 Å². The molecular formula is C19H12N4OS. The van der Waals surface area contributed by atoms with Crippen molar-refractivity contribution in [3.8, 4) is 17.3 Å². The van der Waals surface area contributed by atoms with E-state index in [1.165, 1.54) is 0 Å². The van der Waals surface area contributed by atoms with Crippen molar-refractivity contribution in [1.29, 1.82) is 5.26 Å². The molecule has 0 fully saturated rings. The molecule has 5 nitrogen and oxygen atoms in total. The van der Waals surface area contributed by atoms with Gasteiger partial charge in [-0.05, 0) is 36.4 Å². The third kappa shape index (κ3) is 3.01. The minimum atomic E-state index is -0.215. The summed E-state index contributed by atoms with van der Waals surface area (Å²) in [6.07, 6.45) is 3.93. The van der Waals surface area contributed by atoms with E-state index in [-0.39, 0.29) is 5.91 Å². The molecule has 2 heterocycles. The largest absolute Gasteiger partial charge is 0.322 e. The summed E-state index contributed by atoms with van der Waals surface area (Å²) in [5, 5.41) is 13.7. The fourth-order valence-electron chi connectivity index (χ4n) is 2.52. The molecule has 0 saturated carbocycles. The molecule has 4 rings (SSSR count). The van der Waals surface area contributed by atoms with Crippen LogP contribution in [0.1, 0.15) is 15.9 Å². The Labute approximate surface area is 147 Å². The Morgan fingerprint density at radius 3 is 2.80 bits per heavy atom. The predicted octanol–water partition coefficient (Wildman–Crippen LogP) is 4.19. The van der Waals surface area contributed by atoms with Gasteiger partial charge in [0, 0.05) is 34.6 Å². The second kappa shape index (κ2) is 6.23. The first-order valence-electron chi connectivity index (χ1n) is 7.57. The molecule has 0 radical (unpaired) electrons. The fraction of sp³-hybridized carbons (Fsp3) is 0. The van der Waals surface area contributed by atoms with E-state index < -0.39 is 0 Å². The number of benzene rings is 2. The number of thiazole rings is 1. The summed E-state index contributed by atoms with van der Waals surface area (Å²) in [5.41, 5.74) is 3.53. The van der Waals surface area contributed by atoms with E-state index in [0.717, 1.165) is 16.2 Å². The zero-order valence-electron chi connectivity index (χ0n) is 13.0. The quantitative estimate of drug-likeness (QED) is 0.606. The first kappa shape index (κ1) is 15.1. The maximum atomic E-state index is 12.3. The molecule has 0 saturated heterocycles. The number of carbonyl (C=O) groups is 1. The zero-order valence-corrected chi connectivity index (χ0v) is 13.8. The first-order chi connectivity index (χ1) is 12.2. The van der Waals surface area contributed by atoms with E-state index in [1.807, 2.05) is 52.5 Å². The Morgan fingerprint density at radius 2 is 2.04 bits per heavy atom. The first-order valence-corrected chi connectivity index (χ1v) is 8.45. The molecule has 0 aliphatic rings. The van der Waals surface area contributed by atoms with Gasteiger partial charge < -0.3 is 5.32 Å². The van der Waals surface area contributed by atoms with Gasteiger partial charge in [0.25, 0.3) is 5.91 Å². The molecule has 2 aromatic heterocycles. The zero-order chi connectivity index (χ0) is 17.2.